The van der Waals surface area contributed by atoms with Crippen LogP contribution < -0.4 is 9.80 Å². The minimum Gasteiger partial charge on any atom is -0.341 e. The number of aryl methyl sites for hydroxylation is 2. The van der Waals surface area contributed by atoms with Gasteiger partial charge in [0.05, 0.1) is 0 Å². The minimum absolute atomic E-state index is 0.798. The molecule has 0 spiro atoms. The zero-order valence-electron chi connectivity index (χ0n) is 42.6. The van der Waals surface area contributed by atoms with E-state index in [0.29, 0.717) is 0 Å². The van der Waals surface area contributed by atoms with Gasteiger partial charge >= 0.3 is 0 Å². The molecule has 0 N–H and O–H groups in total. The lowest BCUT2D eigenvalue weighted by Crippen LogP contribution is -2.25. The molecule has 0 amide bonds. The van der Waals surface area contributed by atoms with E-state index in [1.807, 2.05) is 0 Å². The Balaban J connectivity index is 1.23. The molecule has 3 aliphatic rings. The summed E-state index contributed by atoms with van der Waals surface area (Å²) in [5.41, 5.74) is 18.1. The third-order valence-electron chi connectivity index (χ3n) is 16.9. The molecular weight excluding hydrogens is 917 g/mol. The molecule has 0 saturated heterocycles. The predicted octanol–water partition coefficient (Wildman–Crippen LogP) is 20.2. The number of fused-ring (bicyclic) bond motifs is 4. The zero-order valence-corrected chi connectivity index (χ0v) is 42.6. The second kappa shape index (κ2) is 18.4. The van der Waals surface area contributed by atoms with Gasteiger partial charge in [-0.3, -0.25) is 0 Å². The smallest absolute Gasteiger partial charge is 0.0497 e. The maximum absolute atomic E-state index is 2.65. The lowest BCUT2D eigenvalue weighted by molar-refractivity contribution is 0.682. The highest BCUT2D eigenvalue weighted by atomic mass is 15.2. The van der Waals surface area contributed by atoms with Gasteiger partial charge in [-0.15, -0.1) is 0 Å². The van der Waals surface area contributed by atoms with E-state index < -0.39 is 0 Å². The number of anilines is 4. The van der Waals surface area contributed by atoms with Gasteiger partial charge in [0, 0.05) is 57.7 Å². The standard InChI is InChI=1S/C74H56N2/c1-6-25-49(26-7-1)65-59-41-20-31-51-29-10-3-11-30-52-32-21-42-60-66(50-27-8-2-9-28-50)62-44-23-46-64-72(62)74(68(52)60)70-57-39-18-16-37-55(57)69(56-38-17-19-40-58(56)70)73(67(51)59)71-61(65)43-22-45-63(71)75(53-33-12-4-13-34-53)47-24-48-76(64)54-35-14-5-15-36-54/h1-2,4-9,12-23,25-28,31-46H,3,10-11,24,29-30,47-48H2. The highest BCUT2D eigenvalue weighted by molar-refractivity contribution is 6.36. The Bertz CT molecular complexity index is 4050. The molecular formula is C74H56N2. The Morgan fingerprint density at radius 3 is 0.947 bits per heavy atom. The van der Waals surface area contributed by atoms with Gasteiger partial charge in [0.25, 0.3) is 0 Å². The summed E-state index contributed by atoms with van der Waals surface area (Å²) >= 11 is 0. The van der Waals surface area contributed by atoms with Crippen LogP contribution in [0.5, 0.6) is 0 Å². The monoisotopic (exact) mass is 972 g/mol. The Morgan fingerprint density at radius 1 is 0.224 bits per heavy atom. The molecule has 0 radical (unpaired) electrons. The number of hydrogen-bond acceptors (Lipinski definition) is 2. The molecule has 1 aliphatic carbocycles. The van der Waals surface area contributed by atoms with Gasteiger partial charge in [-0.05, 0) is 167 Å². The van der Waals surface area contributed by atoms with Gasteiger partial charge < -0.3 is 9.80 Å². The molecule has 0 atom stereocenters. The third-order valence-corrected chi connectivity index (χ3v) is 16.9. The lowest BCUT2D eigenvalue weighted by Gasteiger charge is -2.32. The first-order chi connectivity index (χ1) is 37.8. The Hall–Kier alpha value is -8.98. The average molecular weight is 973 g/mol. The molecule has 0 fully saturated rings. The molecule has 2 heteroatoms. The van der Waals surface area contributed by atoms with Gasteiger partial charge in [0.15, 0.2) is 0 Å². The molecule has 4 bridgehead atoms. The summed E-state index contributed by atoms with van der Waals surface area (Å²) < 4.78 is 0. The van der Waals surface area contributed by atoms with Gasteiger partial charge in [-0.2, -0.15) is 0 Å². The molecule has 2 nitrogen and oxygen atoms in total. The second-order valence-electron chi connectivity index (χ2n) is 21.0. The fourth-order valence-electron chi connectivity index (χ4n) is 13.8. The zero-order chi connectivity index (χ0) is 50.1. The summed E-state index contributed by atoms with van der Waals surface area (Å²) in [7, 11) is 0. The van der Waals surface area contributed by atoms with E-state index in [1.165, 1.54) is 143 Å². The van der Waals surface area contributed by atoms with Crippen LogP contribution in [0.1, 0.15) is 36.8 Å². The maximum atomic E-state index is 2.65. The maximum Gasteiger partial charge on any atom is 0.0497 e. The number of para-hydroxylation sites is 2. The van der Waals surface area contributed by atoms with Crippen LogP contribution >= 0.6 is 0 Å². The number of hydrogen-bond donors (Lipinski definition) is 0. The van der Waals surface area contributed by atoms with Crippen LogP contribution in [0.25, 0.3) is 109 Å². The van der Waals surface area contributed by atoms with Crippen molar-refractivity contribution in [1.82, 2.24) is 0 Å². The lowest BCUT2D eigenvalue weighted by atomic mass is 9.77. The largest absolute Gasteiger partial charge is 0.341 e. The first kappa shape index (κ1) is 44.5. The van der Waals surface area contributed by atoms with E-state index in [2.05, 4.69) is 252 Å². The van der Waals surface area contributed by atoms with Crippen LogP contribution in [-0.4, -0.2) is 13.1 Å². The van der Waals surface area contributed by atoms with Gasteiger partial charge in [0.2, 0.25) is 0 Å². The summed E-state index contributed by atoms with van der Waals surface area (Å²) in [5, 5.41) is 15.6. The normalized spacial score (nSPS) is 13.8. The number of nitrogens with zero attached hydrogens (tertiary/aromatic N) is 2. The Morgan fingerprint density at radius 2 is 0.553 bits per heavy atom. The summed E-state index contributed by atoms with van der Waals surface area (Å²) in [6.45, 7) is 1.60. The molecule has 2 aliphatic heterocycles. The third kappa shape index (κ3) is 7.01. The van der Waals surface area contributed by atoms with Crippen molar-refractivity contribution in [3.63, 3.8) is 0 Å². The molecule has 362 valence electrons. The van der Waals surface area contributed by atoms with Gasteiger partial charge in [-0.1, -0.05) is 213 Å². The van der Waals surface area contributed by atoms with Crippen molar-refractivity contribution in [3.05, 3.63) is 254 Å². The molecule has 13 aromatic rings. The van der Waals surface area contributed by atoms with E-state index in [-0.39, 0.29) is 0 Å². The molecule has 16 rings (SSSR count). The topological polar surface area (TPSA) is 6.48 Å². The van der Waals surface area contributed by atoms with Crippen molar-refractivity contribution in [2.75, 3.05) is 22.9 Å². The van der Waals surface area contributed by atoms with E-state index >= 15 is 0 Å². The number of rotatable bonds is 4. The first-order valence-corrected chi connectivity index (χ1v) is 27.5. The van der Waals surface area contributed by atoms with Crippen LogP contribution in [0.15, 0.2) is 243 Å². The molecule has 0 aromatic heterocycles. The van der Waals surface area contributed by atoms with Crippen molar-refractivity contribution in [2.45, 2.75) is 38.5 Å². The second-order valence-corrected chi connectivity index (χ2v) is 21.0. The number of benzene rings is 13. The van der Waals surface area contributed by atoms with Crippen molar-refractivity contribution < 1.29 is 0 Å². The minimum atomic E-state index is 0.798. The fourth-order valence-corrected chi connectivity index (χ4v) is 13.8. The van der Waals surface area contributed by atoms with Crippen molar-refractivity contribution in [3.8, 4) is 44.5 Å². The van der Waals surface area contributed by atoms with Crippen LogP contribution in [0.2, 0.25) is 0 Å². The summed E-state index contributed by atoms with van der Waals surface area (Å²) in [5.74, 6) is 0. The van der Waals surface area contributed by atoms with Crippen molar-refractivity contribution in [1.29, 1.82) is 0 Å². The van der Waals surface area contributed by atoms with E-state index in [1.54, 1.807) is 0 Å². The van der Waals surface area contributed by atoms with Crippen molar-refractivity contribution in [2.24, 2.45) is 0 Å². The first-order valence-electron chi connectivity index (χ1n) is 27.5. The SMILES string of the molecule is c1ccc(-c2c3cccc4c3c3c5c(cccc25)N(c2ccccc2)CCCN(c2ccccc2)c2cccc5c(-c6ccccc6)c6cccc(c6c(c25)-c2c5ccccc5c-3c3ccccc23)CCCCC4)cc1. The van der Waals surface area contributed by atoms with Crippen LogP contribution in [-0.2, 0) is 12.8 Å². The summed E-state index contributed by atoms with van der Waals surface area (Å²) in [4.78, 5) is 5.30. The van der Waals surface area contributed by atoms with Crippen LogP contribution in [0.3, 0.4) is 0 Å². The Kier molecular flexibility index (Phi) is 10.8. The fraction of sp³-hybridized carbons (Fsp3) is 0.108. The highest BCUT2D eigenvalue weighted by Crippen LogP contribution is 2.57. The Labute approximate surface area is 444 Å². The molecule has 76 heavy (non-hydrogen) atoms. The molecule has 2 heterocycles. The van der Waals surface area contributed by atoms with E-state index in [4.69, 9.17) is 0 Å². The molecule has 0 unspecified atom stereocenters. The quantitative estimate of drug-likeness (QED) is 0.162. The molecule has 13 aromatic carbocycles. The van der Waals surface area contributed by atoms with Crippen molar-refractivity contribution >= 4 is 87.4 Å². The van der Waals surface area contributed by atoms with E-state index in [9.17, 15) is 0 Å². The molecule has 0 saturated carbocycles. The summed E-state index contributed by atoms with van der Waals surface area (Å²) in [6.07, 6.45) is 6.20. The van der Waals surface area contributed by atoms with Crippen LogP contribution in [0, 0.1) is 0 Å². The highest BCUT2D eigenvalue weighted by Gasteiger charge is 2.31. The average Bonchev–Trinajstić information content (AvgIpc) is 3.56. The van der Waals surface area contributed by atoms with Gasteiger partial charge in [0.1, 0.15) is 0 Å². The van der Waals surface area contributed by atoms with Crippen LogP contribution in [0.4, 0.5) is 22.7 Å². The summed E-state index contributed by atoms with van der Waals surface area (Å²) in [6, 6.07) is 92.5. The van der Waals surface area contributed by atoms with Gasteiger partial charge in [-0.25, -0.2) is 0 Å². The predicted molar refractivity (Wildman–Crippen MR) is 326 cm³/mol. The van der Waals surface area contributed by atoms with E-state index in [0.717, 1.165) is 51.6 Å².